The van der Waals surface area contributed by atoms with Gasteiger partial charge in [0.15, 0.2) is 28.9 Å². The molecule has 0 unspecified atom stereocenters. The van der Waals surface area contributed by atoms with Gasteiger partial charge in [0.2, 0.25) is 5.95 Å². The van der Waals surface area contributed by atoms with Crippen molar-refractivity contribution in [3.63, 3.8) is 0 Å². The Morgan fingerprint density at radius 2 is 2.13 bits per heavy atom. The lowest BCUT2D eigenvalue weighted by atomic mass is 9.97. The first kappa shape index (κ1) is 19.8. The molecule has 1 saturated carbocycles. The average molecular weight is 454 g/mol. The first-order valence-electron chi connectivity index (χ1n) is 10.5. The van der Waals surface area contributed by atoms with Gasteiger partial charge in [0.1, 0.15) is 12.2 Å². The molecule has 13 heteroatoms. The van der Waals surface area contributed by atoms with E-state index in [-0.39, 0.29) is 18.7 Å². The zero-order valence-electron chi connectivity index (χ0n) is 17.0. The molecule has 3 aliphatic heterocycles. The quantitative estimate of drug-likeness (QED) is 0.688. The third kappa shape index (κ3) is 3.07. The number of phosphoric acid groups is 1. The van der Waals surface area contributed by atoms with Gasteiger partial charge in [-0.25, -0.2) is 13.9 Å². The Hall–Kier alpha value is -1.85. The summed E-state index contributed by atoms with van der Waals surface area (Å²) < 4.78 is 52.9. The number of fused-ring (bicyclic) bond motifs is 2. The predicted octanol–water partition coefficient (Wildman–Crippen LogP) is 2.34. The molecule has 0 bridgehead atoms. The van der Waals surface area contributed by atoms with E-state index in [1.54, 1.807) is 0 Å². The zero-order chi connectivity index (χ0) is 21.4. The standard InChI is InChI=1S/C18H24FN6O5P/c1-18(19)13-11(8-27-31(26,30-13)29-10-4-2-5-10)28-16(18)25-9-21-12-14(24-6-3-7-24)22-17(20)23-15(12)25/h9-11,13,16H,2-8H2,1H3,(H2,20,22,23)/t11-,13-,16-,18-,31-/m1/s1. The summed E-state index contributed by atoms with van der Waals surface area (Å²) >= 11 is 0. The molecule has 3 saturated heterocycles. The fraction of sp³-hybridized carbons (Fsp3) is 0.722. The molecule has 31 heavy (non-hydrogen) atoms. The van der Waals surface area contributed by atoms with Crippen molar-refractivity contribution in [2.24, 2.45) is 0 Å². The van der Waals surface area contributed by atoms with Crippen LogP contribution in [0, 0.1) is 0 Å². The number of hydrogen-bond acceptors (Lipinski definition) is 10. The zero-order valence-corrected chi connectivity index (χ0v) is 17.9. The SMILES string of the molecule is C[C@@]1(F)[C@@H]2O[P@@](=O)(OC3CCC3)OC[C@H]2O[C@H]1n1cnc2c(N3CCC3)nc(N)nc21. The molecule has 0 radical (unpaired) electrons. The number of phosphoric ester groups is 1. The van der Waals surface area contributed by atoms with Gasteiger partial charge in [-0.3, -0.25) is 18.1 Å². The molecular formula is C18H24FN6O5P. The van der Waals surface area contributed by atoms with Crippen LogP contribution >= 0.6 is 7.82 Å². The summed E-state index contributed by atoms with van der Waals surface area (Å²) in [4.78, 5) is 15.1. The summed E-state index contributed by atoms with van der Waals surface area (Å²) in [6.45, 7) is 2.97. The number of nitrogens with two attached hydrogens (primary N) is 1. The highest BCUT2D eigenvalue weighted by molar-refractivity contribution is 7.48. The molecular weight excluding hydrogens is 430 g/mol. The molecule has 4 aliphatic rings. The minimum atomic E-state index is -3.86. The third-order valence-corrected chi connectivity index (χ3v) is 7.99. The Morgan fingerprint density at radius 1 is 1.32 bits per heavy atom. The van der Waals surface area contributed by atoms with Gasteiger partial charge < -0.3 is 15.4 Å². The molecule has 11 nitrogen and oxygen atoms in total. The van der Waals surface area contributed by atoms with Crippen molar-refractivity contribution in [1.29, 1.82) is 0 Å². The minimum absolute atomic E-state index is 0.0742. The van der Waals surface area contributed by atoms with Crippen LogP contribution < -0.4 is 10.6 Å². The number of ether oxygens (including phenoxy) is 1. The molecule has 1 aliphatic carbocycles. The van der Waals surface area contributed by atoms with Gasteiger partial charge in [-0.05, 0) is 32.6 Å². The molecule has 168 valence electrons. The van der Waals surface area contributed by atoms with Crippen molar-refractivity contribution in [3.8, 4) is 0 Å². The molecule has 0 amide bonds. The second-order valence-corrected chi connectivity index (χ2v) is 10.2. The molecule has 2 aromatic rings. The fourth-order valence-corrected chi connectivity index (χ4v) is 6.09. The second-order valence-electron chi connectivity index (χ2n) is 8.68. The van der Waals surface area contributed by atoms with Crippen LogP contribution in [0.3, 0.4) is 0 Å². The van der Waals surface area contributed by atoms with E-state index in [0.717, 1.165) is 38.8 Å². The first-order valence-corrected chi connectivity index (χ1v) is 12.0. The van der Waals surface area contributed by atoms with Crippen molar-refractivity contribution in [3.05, 3.63) is 6.33 Å². The summed E-state index contributed by atoms with van der Waals surface area (Å²) in [7, 11) is -3.86. The van der Waals surface area contributed by atoms with Crippen molar-refractivity contribution >= 4 is 30.8 Å². The first-order chi connectivity index (χ1) is 14.8. The molecule has 5 heterocycles. The number of nitrogen functional groups attached to an aromatic ring is 1. The number of hydrogen-bond donors (Lipinski definition) is 1. The van der Waals surface area contributed by atoms with E-state index in [2.05, 4.69) is 15.0 Å². The molecule has 6 rings (SSSR count). The lowest BCUT2D eigenvalue weighted by Crippen LogP contribution is -2.45. The highest BCUT2D eigenvalue weighted by Crippen LogP contribution is 2.61. The molecule has 0 aromatic carbocycles. The van der Waals surface area contributed by atoms with E-state index in [0.29, 0.717) is 17.0 Å². The highest BCUT2D eigenvalue weighted by Gasteiger charge is 2.62. The van der Waals surface area contributed by atoms with E-state index in [1.807, 2.05) is 4.90 Å². The van der Waals surface area contributed by atoms with Crippen LogP contribution in [-0.2, 0) is 22.9 Å². The minimum Gasteiger partial charge on any atom is -0.368 e. The van der Waals surface area contributed by atoms with Crippen molar-refractivity contribution in [2.75, 3.05) is 30.3 Å². The van der Waals surface area contributed by atoms with E-state index >= 15 is 4.39 Å². The molecule has 2 N–H and O–H groups in total. The van der Waals surface area contributed by atoms with E-state index in [9.17, 15) is 4.57 Å². The smallest absolute Gasteiger partial charge is 0.368 e. The van der Waals surface area contributed by atoms with Crippen molar-refractivity contribution < 1.29 is 27.3 Å². The molecule has 4 fully saturated rings. The van der Waals surface area contributed by atoms with Crippen LogP contribution in [0.4, 0.5) is 16.2 Å². The second kappa shape index (κ2) is 6.82. The van der Waals surface area contributed by atoms with Crippen LogP contribution in [0.2, 0.25) is 0 Å². The summed E-state index contributed by atoms with van der Waals surface area (Å²) in [5.41, 5.74) is 4.79. The maximum Gasteiger partial charge on any atom is 0.475 e. The van der Waals surface area contributed by atoms with Gasteiger partial charge >= 0.3 is 7.82 Å². The topological polar surface area (TPSA) is 127 Å². The number of halogens is 1. The highest BCUT2D eigenvalue weighted by atomic mass is 31.2. The number of rotatable bonds is 4. The lowest BCUT2D eigenvalue weighted by molar-refractivity contribution is -0.0788. The van der Waals surface area contributed by atoms with Crippen molar-refractivity contribution in [1.82, 2.24) is 19.5 Å². The number of anilines is 2. The van der Waals surface area contributed by atoms with Crippen LogP contribution in [0.1, 0.15) is 38.8 Å². The van der Waals surface area contributed by atoms with Gasteiger partial charge in [-0.15, -0.1) is 0 Å². The molecule has 5 atom stereocenters. The maximum atomic E-state index is 16.1. The van der Waals surface area contributed by atoms with Crippen LogP contribution in [0.15, 0.2) is 6.33 Å². The summed E-state index contributed by atoms with van der Waals surface area (Å²) in [6.07, 6.45) is 1.94. The van der Waals surface area contributed by atoms with E-state index in [4.69, 9.17) is 24.0 Å². The van der Waals surface area contributed by atoms with Crippen LogP contribution in [0.25, 0.3) is 11.2 Å². The third-order valence-electron chi connectivity index (χ3n) is 6.48. The monoisotopic (exact) mass is 454 g/mol. The van der Waals surface area contributed by atoms with Crippen LogP contribution in [-0.4, -0.2) is 63.2 Å². The molecule has 0 spiro atoms. The largest absolute Gasteiger partial charge is 0.475 e. The maximum absolute atomic E-state index is 16.1. The van der Waals surface area contributed by atoms with Gasteiger partial charge in [0, 0.05) is 13.1 Å². The lowest BCUT2D eigenvalue weighted by Gasteiger charge is -2.36. The van der Waals surface area contributed by atoms with Gasteiger partial charge in [-0.2, -0.15) is 9.97 Å². The van der Waals surface area contributed by atoms with Crippen molar-refractivity contribution in [2.45, 2.75) is 62.8 Å². The Morgan fingerprint density at radius 3 is 2.81 bits per heavy atom. The normalized spacial score (nSPS) is 38.1. The molecule has 2 aromatic heterocycles. The van der Waals surface area contributed by atoms with Crippen LogP contribution in [0.5, 0.6) is 0 Å². The number of aromatic nitrogens is 4. The van der Waals surface area contributed by atoms with Gasteiger partial charge in [-0.1, -0.05) is 0 Å². The number of alkyl halides is 1. The van der Waals surface area contributed by atoms with E-state index in [1.165, 1.54) is 17.8 Å². The Balaban J connectivity index is 1.33. The summed E-state index contributed by atoms with van der Waals surface area (Å²) in [5.74, 6) is 0.701. The predicted molar refractivity (Wildman–Crippen MR) is 107 cm³/mol. The fourth-order valence-electron chi connectivity index (χ4n) is 4.40. The van der Waals surface area contributed by atoms with E-state index < -0.39 is 31.9 Å². The Bertz CT molecular complexity index is 1070. The summed E-state index contributed by atoms with van der Waals surface area (Å²) in [5, 5.41) is 0. The Labute approximate surface area is 177 Å². The number of imidazole rings is 1. The number of nitrogens with zero attached hydrogens (tertiary/aromatic N) is 5. The summed E-state index contributed by atoms with van der Waals surface area (Å²) in [6, 6.07) is 0. The Kier molecular flexibility index (Phi) is 4.36. The average Bonchev–Trinajstić information content (AvgIpc) is 3.16. The van der Waals surface area contributed by atoms with Gasteiger partial charge in [0.25, 0.3) is 0 Å². The van der Waals surface area contributed by atoms with Gasteiger partial charge in [0.05, 0.1) is 19.0 Å².